The Labute approximate surface area is 377 Å². The Kier molecular flexibility index (Phi) is 38.1. The Morgan fingerprint density at radius 1 is 0.516 bits per heavy atom. The van der Waals surface area contributed by atoms with Crippen LogP contribution in [0.1, 0.15) is 219 Å². The Morgan fingerprint density at radius 2 is 0.903 bits per heavy atom. The van der Waals surface area contributed by atoms with E-state index in [0.717, 1.165) is 44.9 Å². The molecule has 62 heavy (non-hydrogen) atoms. The summed E-state index contributed by atoms with van der Waals surface area (Å²) >= 11 is 0. The highest BCUT2D eigenvalue weighted by Crippen LogP contribution is 2.47. The molecule has 0 aliphatic heterocycles. The normalized spacial score (nSPS) is 22.1. The molecule has 12 nitrogen and oxygen atoms in total. The second-order valence-corrected chi connectivity index (χ2v) is 19.1. The van der Waals surface area contributed by atoms with Crippen LogP contribution in [0.2, 0.25) is 0 Å². The van der Waals surface area contributed by atoms with Gasteiger partial charge in [0, 0.05) is 13.0 Å². The van der Waals surface area contributed by atoms with Crippen molar-refractivity contribution in [3.05, 3.63) is 24.3 Å². The van der Waals surface area contributed by atoms with Crippen LogP contribution in [0.5, 0.6) is 0 Å². The quantitative estimate of drug-likeness (QED) is 0.0147. The fourth-order valence-electron chi connectivity index (χ4n) is 7.80. The number of carbonyl (C=O) groups is 1. The second-order valence-electron chi connectivity index (χ2n) is 17.7. The summed E-state index contributed by atoms with van der Waals surface area (Å²) in [5, 5.41) is 50.2. The molecule has 1 rings (SSSR count). The molecule has 1 aliphatic rings. The van der Waals surface area contributed by atoms with Crippen molar-refractivity contribution in [2.24, 2.45) is 0 Å². The molecule has 1 fully saturated rings. The molecule has 13 heteroatoms. The summed E-state index contributed by atoms with van der Waals surface area (Å²) in [5.74, 6) is -0.476. The summed E-state index contributed by atoms with van der Waals surface area (Å²) in [6, 6.07) is 0. The Balaban J connectivity index is 2.32. The lowest BCUT2D eigenvalue weighted by molar-refractivity contribution is -0.220. The number of phosphoric ester groups is 1. The van der Waals surface area contributed by atoms with Crippen LogP contribution < -0.4 is 0 Å². The van der Waals surface area contributed by atoms with Gasteiger partial charge in [0.15, 0.2) is 0 Å². The molecule has 0 aromatic rings. The number of carbonyl (C=O) groups excluding carboxylic acids is 1. The van der Waals surface area contributed by atoms with Crippen LogP contribution in [0, 0.1) is 0 Å². The molecule has 0 spiro atoms. The van der Waals surface area contributed by atoms with Crippen molar-refractivity contribution in [2.45, 2.75) is 262 Å². The van der Waals surface area contributed by atoms with Crippen LogP contribution in [0.15, 0.2) is 24.3 Å². The first-order chi connectivity index (χ1) is 30.0. The minimum atomic E-state index is -5.02. The number of allylic oxidation sites excluding steroid dienone is 4. The average Bonchev–Trinajstić information content (AvgIpc) is 3.26. The molecule has 0 heterocycles. The maximum Gasteiger partial charge on any atom is 0.472 e. The number of ether oxygens (including phenoxy) is 2. The van der Waals surface area contributed by atoms with Gasteiger partial charge in [-0.15, -0.1) is 0 Å². The van der Waals surface area contributed by atoms with E-state index in [2.05, 4.69) is 38.2 Å². The number of aliphatic hydroxyl groups is 5. The van der Waals surface area contributed by atoms with Gasteiger partial charge in [0.25, 0.3) is 0 Å². The second kappa shape index (κ2) is 40.1. The predicted molar refractivity (Wildman–Crippen MR) is 249 cm³/mol. The lowest BCUT2D eigenvalue weighted by atomic mass is 9.85. The summed E-state index contributed by atoms with van der Waals surface area (Å²) in [6.07, 6.45) is 33.9. The smallest absolute Gasteiger partial charge is 0.457 e. The molecule has 366 valence electrons. The SMILES string of the molecule is CCCCCCC/C=C\C/C=C\CCCCCCCCCCCCOCC(COP(=O)(O)OC1C(O)C(O)C(O)C(O)C1O)OC(=O)CCCCCCCCCCCCCCC. The van der Waals surface area contributed by atoms with Crippen molar-refractivity contribution < 1.29 is 58.3 Å². The van der Waals surface area contributed by atoms with Crippen LogP contribution >= 0.6 is 7.82 Å². The molecule has 6 atom stereocenters. The van der Waals surface area contributed by atoms with Crippen molar-refractivity contribution in [3.8, 4) is 0 Å². The van der Waals surface area contributed by atoms with Crippen molar-refractivity contribution >= 4 is 13.8 Å². The standard InChI is InChI=1S/C49H93O12P/c1-3-5-7-9-11-13-15-17-18-19-20-21-22-23-24-25-27-29-31-33-35-37-39-58-40-42(41-59-62(56,57)61-49-47(54)45(52)44(51)46(53)48(49)55)60-43(50)38-36-34-32-30-28-26-16-14-12-10-8-6-4-2/h15,17,19-20,42,44-49,51-55H,3-14,16,18,21-41H2,1-2H3,(H,56,57)/b17-15-,20-19-. The minimum absolute atomic E-state index is 0.0747. The zero-order valence-corrected chi connectivity index (χ0v) is 40.1. The number of unbranched alkanes of at least 4 members (excludes halogenated alkanes) is 27. The fourth-order valence-corrected chi connectivity index (χ4v) is 8.77. The average molecular weight is 905 g/mol. The van der Waals surface area contributed by atoms with Gasteiger partial charge in [0.2, 0.25) is 0 Å². The van der Waals surface area contributed by atoms with Crippen molar-refractivity contribution in [3.63, 3.8) is 0 Å². The maximum atomic E-state index is 12.8. The summed E-state index contributed by atoms with van der Waals surface area (Å²) < 4.78 is 34.2. The summed E-state index contributed by atoms with van der Waals surface area (Å²) in [5.41, 5.74) is 0. The van der Waals surface area contributed by atoms with E-state index in [4.69, 9.17) is 18.5 Å². The van der Waals surface area contributed by atoms with Crippen LogP contribution in [-0.2, 0) is 27.9 Å². The van der Waals surface area contributed by atoms with Gasteiger partial charge in [-0.3, -0.25) is 13.8 Å². The van der Waals surface area contributed by atoms with Gasteiger partial charge in [-0.05, 0) is 44.9 Å². The van der Waals surface area contributed by atoms with E-state index < -0.39 is 63.1 Å². The summed E-state index contributed by atoms with van der Waals surface area (Å²) in [4.78, 5) is 23.2. The van der Waals surface area contributed by atoms with Crippen LogP contribution in [0.4, 0.5) is 0 Å². The van der Waals surface area contributed by atoms with Gasteiger partial charge in [0.05, 0.1) is 13.2 Å². The Hall–Kier alpha value is -1.18. The zero-order valence-electron chi connectivity index (χ0n) is 39.2. The highest BCUT2D eigenvalue weighted by molar-refractivity contribution is 7.47. The molecule has 0 saturated heterocycles. The first-order valence-corrected chi connectivity index (χ1v) is 26.7. The number of aliphatic hydroxyl groups excluding tert-OH is 5. The van der Waals surface area contributed by atoms with E-state index in [-0.39, 0.29) is 13.0 Å². The van der Waals surface area contributed by atoms with Crippen LogP contribution in [-0.4, -0.2) is 98.9 Å². The van der Waals surface area contributed by atoms with E-state index in [1.165, 1.54) is 148 Å². The zero-order chi connectivity index (χ0) is 45.5. The molecular formula is C49H93O12P. The topological polar surface area (TPSA) is 192 Å². The van der Waals surface area contributed by atoms with Gasteiger partial charge in [-0.1, -0.05) is 192 Å². The first-order valence-electron chi connectivity index (χ1n) is 25.2. The minimum Gasteiger partial charge on any atom is -0.457 e. The van der Waals surface area contributed by atoms with Crippen LogP contribution in [0.3, 0.4) is 0 Å². The maximum absolute atomic E-state index is 12.8. The van der Waals surface area contributed by atoms with Gasteiger partial charge < -0.3 is 39.9 Å². The number of hydrogen-bond donors (Lipinski definition) is 6. The highest BCUT2D eigenvalue weighted by Gasteiger charge is 2.51. The molecule has 0 aromatic heterocycles. The third kappa shape index (κ3) is 31.7. The highest BCUT2D eigenvalue weighted by atomic mass is 31.2. The lowest BCUT2D eigenvalue weighted by Gasteiger charge is -2.41. The Bertz CT molecular complexity index is 1120. The molecule has 6 N–H and O–H groups in total. The third-order valence-electron chi connectivity index (χ3n) is 11.8. The molecule has 1 aliphatic carbocycles. The molecule has 0 bridgehead atoms. The van der Waals surface area contributed by atoms with E-state index in [9.17, 15) is 39.8 Å². The van der Waals surface area contributed by atoms with Gasteiger partial charge in [0.1, 0.15) is 42.7 Å². The van der Waals surface area contributed by atoms with Crippen LogP contribution in [0.25, 0.3) is 0 Å². The van der Waals surface area contributed by atoms with E-state index >= 15 is 0 Å². The van der Waals surface area contributed by atoms with E-state index in [1.807, 2.05) is 0 Å². The monoisotopic (exact) mass is 905 g/mol. The molecule has 0 radical (unpaired) electrons. The number of phosphoric acid groups is 1. The van der Waals surface area contributed by atoms with Gasteiger partial charge >= 0.3 is 13.8 Å². The van der Waals surface area contributed by atoms with Crippen molar-refractivity contribution in [1.29, 1.82) is 0 Å². The van der Waals surface area contributed by atoms with Crippen molar-refractivity contribution in [1.82, 2.24) is 0 Å². The fraction of sp³-hybridized carbons (Fsp3) is 0.898. The number of rotatable bonds is 43. The van der Waals surface area contributed by atoms with E-state index in [0.29, 0.717) is 13.0 Å². The Morgan fingerprint density at radius 3 is 1.35 bits per heavy atom. The van der Waals surface area contributed by atoms with Gasteiger partial charge in [-0.2, -0.15) is 0 Å². The third-order valence-corrected chi connectivity index (χ3v) is 12.8. The number of esters is 1. The van der Waals surface area contributed by atoms with Crippen molar-refractivity contribution in [2.75, 3.05) is 19.8 Å². The molecule has 1 saturated carbocycles. The predicted octanol–water partition coefficient (Wildman–Crippen LogP) is 10.9. The van der Waals surface area contributed by atoms with E-state index in [1.54, 1.807) is 0 Å². The summed E-state index contributed by atoms with van der Waals surface area (Å²) in [6.45, 7) is 4.26. The lowest BCUT2D eigenvalue weighted by Crippen LogP contribution is -2.64. The largest absolute Gasteiger partial charge is 0.472 e. The molecule has 0 amide bonds. The molecule has 0 aromatic carbocycles. The molecule has 6 unspecified atom stereocenters. The molecular weight excluding hydrogens is 812 g/mol. The number of hydrogen-bond acceptors (Lipinski definition) is 11. The van der Waals surface area contributed by atoms with Gasteiger partial charge in [-0.25, -0.2) is 4.57 Å². The first kappa shape index (κ1) is 58.8. The summed E-state index contributed by atoms with van der Waals surface area (Å²) in [7, 11) is -5.02.